The number of pyridine rings is 1. The zero-order valence-electron chi connectivity index (χ0n) is 4.94. The summed E-state index contributed by atoms with van der Waals surface area (Å²) in [6.07, 6.45) is 0. The first kappa shape index (κ1) is 6.01. The number of hydrogen-bond donors (Lipinski definition) is 1. The average Bonchev–Trinajstić information content (AvgIpc) is 1.59. The van der Waals surface area contributed by atoms with Crippen LogP contribution in [-0.2, 0) is 0 Å². The van der Waals surface area contributed by atoms with E-state index in [1.54, 1.807) is 6.92 Å². The number of nitrogens with one attached hydrogen (secondary N) is 1. The van der Waals surface area contributed by atoms with Gasteiger partial charge in [0.25, 0.3) is 5.56 Å². The van der Waals surface area contributed by atoms with Crippen LogP contribution in [0.25, 0.3) is 0 Å². The van der Waals surface area contributed by atoms with E-state index < -0.39 is 11.4 Å². The van der Waals surface area contributed by atoms with Gasteiger partial charge in [0.15, 0.2) is 0 Å². The van der Waals surface area contributed by atoms with Crippen molar-refractivity contribution in [1.82, 2.24) is 4.98 Å². The van der Waals surface area contributed by atoms with Crippen LogP contribution < -0.4 is 5.56 Å². The van der Waals surface area contributed by atoms with Gasteiger partial charge in [-0.3, -0.25) is 4.79 Å². The van der Waals surface area contributed by atoms with E-state index in [2.05, 4.69) is 4.98 Å². The molecule has 1 heterocycles. The van der Waals surface area contributed by atoms with Crippen molar-refractivity contribution in [2.45, 2.75) is 6.92 Å². The molecule has 0 saturated heterocycles. The first-order valence-electron chi connectivity index (χ1n) is 2.55. The number of aromatic nitrogens is 1. The summed E-state index contributed by atoms with van der Waals surface area (Å²) >= 11 is 0. The second kappa shape index (κ2) is 2.01. The van der Waals surface area contributed by atoms with Crippen LogP contribution in [-0.4, -0.2) is 4.98 Å². The summed E-state index contributed by atoms with van der Waals surface area (Å²) in [5.41, 5.74) is 0.146. The highest BCUT2D eigenvalue weighted by molar-refractivity contribution is 5.03. The Bertz CT molecular complexity index is 243. The predicted molar refractivity (Wildman–Crippen MR) is 31.8 cm³/mol. The van der Waals surface area contributed by atoms with Gasteiger partial charge in [-0.05, 0) is 13.0 Å². The van der Waals surface area contributed by atoms with E-state index in [4.69, 9.17) is 0 Å². The lowest BCUT2D eigenvalue weighted by Gasteiger charge is -1.88. The molecule has 3 heteroatoms. The third-order valence-corrected chi connectivity index (χ3v) is 0.944. The second-order valence-electron chi connectivity index (χ2n) is 1.85. The third-order valence-electron chi connectivity index (χ3n) is 0.944. The van der Waals surface area contributed by atoms with Crippen molar-refractivity contribution < 1.29 is 4.39 Å². The number of hydrogen-bond acceptors (Lipinski definition) is 1. The van der Waals surface area contributed by atoms with Crippen LogP contribution in [0.5, 0.6) is 0 Å². The molecule has 1 rings (SSSR count). The minimum atomic E-state index is -0.490. The lowest BCUT2D eigenvalue weighted by molar-refractivity contribution is 0.621. The largest absolute Gasteiger partial charge is 0.326 e. The summed E-state index contributed by atoms with van der Waals surface area (Å²) in [6, 6.07) is 2.17. The van der Waals surface area contributed by atoms with Crippen molar-refractivity contribution in [3.8, 4) is 0 Å². The molecule has 48 valence electrons. The molecule has 1 aromatic heterocycles. The van der Waals surface area contributed by atoms with Gasteiger partial charge >= 0.3 is 0 Å². The van der Waals surface area contributed by atoms with Crippen LogP contribution in [0.1, 0.15) is 5.69 Å². The standard InChI is InChI=1S/C6H6FNO/c1-4-2-5(7)3-6(9)8-4/h2-3H,1H3,(H,8,9). The first-order chi connectivity index (χ1) is 4.18. The molecular weight excluding hydrogens is 121 g/mol. The maximum Gasteiger partial charge on any atom is 0.251 e. The van der Waals surface area contributed by atoms with Crippen molar-refractivity contribution in [3.63, 3.8) is 0 Å². The number of rotatable bonds is 0. The van der Waals surface area contributed by atoms with Gasteiger partial charge in [0.05, 0.1) is 0 Å². The van der Waals surface area contributed by atoms with E-state index in [1.165, 1.54) is 6.07 Å². The SMILES string of the molecule is Cc1cc(F)cc(=O)[nH]1. The number of aromatic amines is 1. The fourth-order valence-electron chi connectivity index (χ4n) is 0.640. The van der Waals surface area contributed by atoms with Gasteiger partial charge in [0.1, 0.15) is 5.82 Å². The summed E-state index contributed by atoms with van der Waals surface area (Å²) in [7, 11) is 0. The zero-order chi connectivity index (χ0) is 6.85. The molecule has 1 N–H and O–H groups in total. The molecule has 0 aliphatic carbocycles. The smallest absolute Gasteiger partial charge is 0.251 e. The third kappa shape index (κ3) is 1.38. The summed E-state index contributed by atoms with van der Waals surface area (Å²) in [4.78, 5) is 12.8. The summed E-state index contributed by atoms with van der Waals surface area (Å²) < 4.78 is 12.2. The summed E-state index contributed by atoms with van der Waals surface area (Å²) in [5.74, 6) is -0.490. The highest BCUT2D eigenvalue weighted by Gasteiger charge is 1.90. The summed E-state index contributed by atoms with van der Waals surface area (Å²) in [6.45, 7) is 1.63. The van der Waals surface area contributed by atoms with Crippen molar-refractivity contribution in [2.75, 3.05) is 0 Å². The van der Waals surface area contributed by atoms with Gasteiger partial charge in [-0.2, -0.15) is 0 Å². The Kier molecular flexibility index (Phi) is 1.34. The maximum absolute atomic E-state index is 12.2. The van der Waals surface area contributed by atoms with E-state index in [-0.39, 0.29) is 0 Å². The van der Waals surface area contributed by atoms with E-state index in [9.17, 15) is 9.18 Å². The summed E-state index contributed by atoms with van der Waals surface area (Å²) in [5, 5.41) is 0. The van der Waals surface area contributed by atoms with E-state index in [0.717, 1.165) is 6.07 Å². The fourth-order valence-corrected chi connectivity index (χ4v) is 0.640. The van der Waals surface area contributed by atoms with Crippen LogP contribution in [0, 0.1) is 12.7 Å². The molecule has 1 aromatic rings. The number of H-pyrrole nitrogens is 1. The Hall–Kier alpha value is -1.12. The molecule has 0 aliphatic rings. The molecule has 0 radical (unpaired) electrons. The van der Waals surface area contributed by atoms with Crippen molar-refractivity contribution >= 4 is 0 Å². The van der Waals surface area contributed by atoms with Gasteiger partial charge in [-0.25, -0.2) is 4.39 Å². The maximum atomic E-state index is 12.2. The minimum Gasteiger partial charge on any atom is -0.326 e. The van der Waals surface area contributed by atoms with Crippen molar-refractivity contribution in [3.05, 3.63) is 34.0 Å². The Morgan fingerprint density at radius 3 is 2.67 bits per heavy atom. The Balaban J connectivity index is 3.33. The van der Waals surface area contributed by atoms with E-state index >= 15 is 0 Å². The van der Waals surface area contributed by atoms with Crippen LogP contribution in [0.15, 0.2) is 16.9 Å². The molecule has 0 atom stereocenters. The molecular formula is C6H6FNO. The molecule has 0 aliphatic heterocycles. The van der Waals surface area contributed by atoms with Crippen molar-refractivity contribution in [2.24, 2.45) is 0 Å². The lowest BCUT2D eigenvalue weighted by Crippen LogP contribution is -2.05. The van der Waals surface area contributed by atoms with Crippen LogP contribution in [0.2, 0.25) is 0 Å². The molecule has 0 unspecified atom stereocenters. The molecule has 0 spiro atoms. The van der Waals surface area contributed by atoms with Gasteiger partial charge in [0, 0.05) is 11.8 Å². The fraction of sp³-hybridized carbons (Fsp3) is 0.167. The predicted octanol–water partition coefficient (Wildman–Crippen LogP) is 0.822. The molecule has 2 nitrogen and oxygen atoms in total. The first-order valence-corrected chi connectivity index (χ1v) is 2.55. The monoisotopic (exact) mass is 127 g/mol. The van der Waals surface area contributed by atoms with Gasteiger partial charge < -0.3 is 4.98 Å². The van der Waals surface area contributed by atoms with Gasteiger partial charge in [-0.15, -0.1) is 0 Å². The zero-order valence-corrected chi connectivity index (χ0v) is 4.94. The molecule has 0 saturated carbocycles. The van der Waals surface area contributed by atoms with Gasteiger partial charge in [0.2, 0.25) is 0 Å². The van der Waals surface area contributed by atoms with E-state index in [1.807, 2.05) is 0 Å². The lowest BCUT2D eigenvalue weighted by atomic mass is 10.4. The normalized spacial score (nSPS) is 9.56. The van der Waals surface area contributed by atoms with Crippen molar-refractivity contribution in [1.29, 1.82) is 0 Å². The molecule has 0 fully saturated rings. The molecule has 0 bridgehead atoms. The van der Waals surface area contributed by atoms with E-state index in [0.29, 0.717) is 5.69 Å². The van der Waals surface area contributed by atoms with Crippen LogP contribution >= 0.6 is 0 Å². The van der Waals surface area contributed by atoms with Crippen LogP contribution in [0.4, 0.5) is 4.39 Å². The quantitative estimate of drug-likeness (QED) is 0.550. The second-order valence-corrected chi connectivity index (χ2v) is 1.85. The van der Waals surface area contributed by atoms with Crippen LogP contribution in [0.3, 0.4) is 0 Å². The number of aryl methyl sites for hydroxylation is 1. The minimum absolute atomic E-state index is 0.396. The highest BCUT2D eigenvalue weighted by atomic mass is 19.1. The molecule has 0 amide bonds. The highest BCUT2D eigenvalue weighted by Crippen LogP contribution is 1.92. The molecule has 0 aromatic carbocycles. The average molecular weight is 127 g/mol. The number of halogens is 1. The topological polar surface area (TPSA) is 32.9 Å². The Morgan fingerprint density at radius 1 is 1.56 bits per heavy atom. The van der Waals surface area contributed by atoms with Gasteiger partial charge in [-0.1, -0.05) is 0 Å². The Morgan fingerprint density at radius 2 is 2.22 bits per heavy atom. The molecule has 9 heavy (non-hydrogen) atoms. The Labute approximate surface area is 51.3 Å².